The zero-order chi connectivity index (χ0) is 45.5. The Hall–Kier alpha value is -6.61. The van der Waals surface area contributed by atoms with Gasteiger partial charge in [0.05, 0.1) is 72.9 Å². The number of nitrogens with zero attached hydrogens (tertiary/aromatic N) is 6. The molecule has 0 amide bonds. The van der Waals surface area contributed by atoms with Gasteiger partial charge in [-0.05, 0) is 104 Å². The summed E-state index contributed by atoms with van der Waals surface area (Å²) in [5.41, 5.74) is 14.1. The highest BCUT2D eigenvalue weighted by molar-refractivity contribution is 6.36. The van der Waals surface area contributed by atoms with Crippen molar-refractivity contribution in [3.05, 3.63) is 161 Å². The van der Waals surface area contributed by atoms with Crippen molar-refractivity contribution in [2.45, 2.75) is 51.4 Å². The van der Waals surface area contributed by atoms with Crippen LogP contribution in [0.25, 0.3) is 44.6 Å². The average Bonchev–Trinajstić information content (AvgIpc) is 3.32. The number of hydrogen-bond acceptors (Lipinski definition) is 10. The van der Waals surface area contributed by atoms with Crippen LogP contribution in [0.1, 0.15) is 59.8 Å². The van der Waals surface area contributed by atoms with Crippen molar-refractivity contribution in [2.75, 3.05) is 37.5 Å². The van der Waals surface area contributed by atoms with Crippen LogP contribution < -0.4 is 11.1 Å². The van der Waals surface area contributed by atoms with Gasteiger partial charge in [-0.2, -0.15) is 0 Å². The number of anilines is 3. The van der Waals surface area contributed by atoms with Gasteiger partial charge in [0.25, 0.3) is 0 Å². The van der Waals surface area contributed by atoms with Crippen LogP contribution in [-0.2, 0) is 9.47 Å². The molecule has 2 saturated heterocycles. The highest BCUT2D eigenvalue weighted by Gasteiger charge is 2.21. The van der Waals surface area contributed by atoms with E-state index in [4.69, 9.17) is 26.8 Å². The van der Waals surface area contributed by atoms with Crippen molar-refractivity contribution in [1.29, 1.82) is 0 Å². The fourth-order valence-corrected chi connectivity index (χ4v) is 8.36. The molecule has 15 heteroatoms. The molecule has 0 saturated carbocycles. The second kappa shape index (κ2) is 20.5. The van der Waals surface area contributed by atoms with Crippen LogP contribution in [0.15, 0.2) is 110 Å². The molecule has 2 aromatic carbocycles. The number of nitrogen functional groups attached to an aromatic ring is 1. The van der Waals surface area contributed by atoms with Gasteiger partial charge < -0.3 is 20.5 Å². The van der Waals surface area contributed by atoms with Gasteiger partial charge in [-0.3, -0.25) is 19.9 Å². The Kier molecular flexibility index (Phi) is 14.2. The first kappa shape index (κ1) is 45.0. The summed E-state index contributed by atoms with van der Waals surface area (Å²) < 4.78 is 66.9. The fraction of sp³-hybridized carbons (Fsp3) is 0.240. The number of rotatable bonds is 6. The third-order valence-electron chi connectivity index (χ3n) is 11.4. The lowest BCUT2D eigenvalue weighted by molar-refractivity contribution is 0.0852. The zero-order valence-corrected chi connectivity index (χ0v) is 36.4. The van der Waals surface area contributed by atoms with E-state index in [1.165, 1.54) is 11.6 Å². The van der Waals surface area contributed by atoms with Crippen molar-refractivity contribution in [3.63, 3.8) is 0 Å². The quantitative estimate of drug-likeness (QED) is 0.155. The van der Waals surface area contributed by atoms with Gasteiger partial charge in [-0.25, -0.2) is 27.5 Å². The van der Waals surface area contributed by atoms with Crippen LogP contribution in [0, 0.1) is 37.1 Å². The lowest BCUT2D eigenvalue weighted by atomic mass is 9.93. The van der Waals surface area contributed by atoms with Crippen LogP contribution >= 0.6 is 11.6 Å². The number of halogens is 5. The van der Waals surface area contributed by atoms with E-state index < -0.39 is 23.3 Å². The number of pyridine rings is 6. The lowest BCUT2D eigenvalue weighted by Crippen LogP contribution is -2.14. The molecule has 2 aliphatic heterocycles. The molecule has 0 bridgehead atoms. The molecule has 0 unspecified atom stereocenters. The Bertz CT molecular complexity index is 2940. The molecule has 10 nitrogen and oxygen atoms in total. The summed E-state index contributed by atoms with van der Waals surface area (Å²) in [6, 6.07) is 19.0. The highest BCUT2D eigenvalue weighted by Crippen LogP contribution is 2.38. The van der Waals surface area contributed by atoms with Crippen LogP contribution in [0.3, 0.4) is 0 Å². The number of aromatic nitrogens is 6. The maximum Gasteiger partial charge on any atom is 0.137 e. The molecule has 2 fully saturated rings. The minimum atomic E-state index is -0.715. The molecule has 6 aromatic heterocycles. The molecule has 0 spiro atoms. The standard InChI is InChI=1S/C25H22F2N4O.C15H9ClF2N2.C10H14N2O/c1-15-24(21-4-2-3-7-29-21)31-22-12-18(26)11-20(27)23(22)25(15)30-19-10-17(13-28-14-19)16-5-8-32-9-6-16;1-8-14(16)13-10(18)6-9(17)7-12(13)20-15(8)11-4-2-3-5-19-11;11-10-5-9(6-12-7-10)8-1-3-13-4-2-8/h2-4,7,10-14,16H,5-6,8-9H2,1H3,(H,30,31);2-7H,1H3;5-8H,1-4,11H2. The third-order valence-corrected chi connectivity index (χ3v) is 11.9. The van der Waals surface area contributed by atoms with Gasteiger partial charge in [0, 0.05) is 87.2 Å². The maximum absolute atomic E-state index is 14.9. The maximum atomic E-state index is 14.9. The molecule has 0 radical (unpaired) electrons. The Morgan fingerprint density at radius 2 is 1.12 bits per heavy atom. The van der Waals surface area contributed by atoms with Gasteiger partial charge >= 0.3 is 0 Å². The normalized spacial score (nSPS) is 14.3. The van der Waals surface area contributed by atoms with E-state index in [0.29, 0.717) is 45.9 Å². The smallest absolute Gasteiger partial charge is 0.137 e. The monoisotopic (exact) mass is 900 g/mol. The minimum absolute atomic E-state index is 0.130. The van der Waals surface area contributed by atoms with Crippen LogP contribution in [0.4, 0.5) is 34.6 Å². The van der Waals surface area contributed by atoms with Crippen LogP contribution in [0.5, 0.6) is 0 Å². The molecule has 2 aliphatic rings. The van der Waals surface area contributed by atoms with Crippen molar-refractivity contribution in [2.24, 2.45) is 0 Å². The summed E-state index contributed by atoms with van der Waals surface area (Å²) in [5, 5.41) is 3.94. The van der Waals surface area contributed by atoms with Crippen molar-refractivity contribution in [3.8, 4) is 22.8 Å². The number of nitrogens with one attached hydrogen (secondary N) is 1. The number of benzene rings is 2. The molecule has 3 N–H and O–H groups in total. The first-order chi connectivity index (χ1) is 31.5. The van der Waals surface area contributed by atoms with E-state index in [1.807, 2.05) is 55.7 Å². The van der Waals surface area contributed by atoms with E-state index in [-0.39, 0.29) is 26.8 Å². The summed E-state index contributed by atoms with van der Waals surface area (Å²) in [7, 11) is 0. The van der Waals surface area contributed by atoms with E-state index in [2.05, 4.69) is 35.2 Å². The van der Waals surface area contributed by atoms with Gasteiger partial charge in [0.2, 0.25) is 0 Å². The molecule has 10 rings (SSSR count). The summed E-state index contributed by atoms with van der Waals surface area (Å²) >= 11 is 6.21. The average molecular weight is 901 g/mol. The summed E-state index contributed by atoms with van der Waals surface area (Å²) in [5.74, 6) is -1.78. The number of ether oxygens (including phenoxy) is 2. The highest BCUT2D eigenvalue weighted by atomic mass is 35.5. The predicted octanol–water partition coefficient (Wildman–Crippen LogP) is 12.0. The fourth-order valence-electron chi connectivity index (χ4n) is 8.08. The van der Waals surface area contributed by atoms with Crippen LogP contribution in [-0.4, -0.2) is 56.3 Å². The second-order valence-electron chi connectivity index (χ2n) is 15.8. The Balaban J connectivity index is 0.000000148. The largest absolute Gasteiger partial charge is 0.397 e. The van der Waals surface area contributed by atoms with E-state index in [0.717, 1.165) is 92.8 Å². The predicted molar refractivity (Wildman–Crippen MR) is 246 cm³/mol. The SMILES string of the molecule is Cc1c(-c2ccccn2)nc2cc(F)cc(F)c2c1Cl.Cc1c(-c2ccccn2)nc2cc(F)cc(F)c2c1Nc1cncc(C2CCOCC2)c1.Nc1cncc(C2CCOCC2)c1. The minimum Gasteiger partial charge on any atom is -0.397 e. The van der Waals surface area contributed by atoms with Crippen molar-refractivity contribution < 1.29 is 27.0 Å². The summed E-state index contributed by atoms with van der Waals surface area (Å²) in [6.07, 6.45) is 14.5. The molecular formula is C50H45ClF4N8O2. The second-order valence-corrected chi connectivity index (χ2v) is 16.2. The first-order valence-corrected chi connectivity index (χ1v) is 21.6. The lowest BCUT2D eigenvalue weighted by Gasteiger charge is -2.23. The molecule has 65 heavy (non-hydrogen) atoms. The Morgan fingerprint density at radius 3 is 1.66 bits per heavy atom. The Morgan fingerprint density at radius 1 is 0.615 bits per heavy atom. The van der Waals surface area contributed by atoms with Gasteiger partial charge in [-0.1, -0.05) is 23.7 Å². The molecule has 0 aliphatic carbocycles. The van der Waals surface area contributed by atoms with Gasteiger partial charge in [-0.15, -0.1) is 0 Å². The van der Waals surface area contributed by atoms with Gasteiger partial charge in [0.1, 0.15) is 23.3 Å². The molecular weight excluding hydrogens is 856 g/mol. The van der Waals surface area contributed by atoms with Crippen LogP contribution in [0.2, 0.25) is 5.02 Å². The molecule has 0 atom stereocenters. The molecule has 8 aromatic rings. The zero-order valence-electron chi connectivity index (χ0n) is 35.7. The number of hydrogen-bond donors (Lipinski definition) is 2. The number of nitrogens with two attached hydrogens (primary N) is 1. The number of fused-ring (bicyclic) bond motifs is 2. The molecule has 8 heterocycles. The Labute approximate surface area is 378 Å². The first-order valence-electron chi connectivity index (χ1n) is 21.2. The molecule has 332 valence electrons. The summed E-state index contributed by atoms with van der Waals surface area (Å²) in [6.45, 7) is 6.79. The van der Waals surface area contributed by atoms with E-state index >= 15 is 0 Å². The van der Waals surface area contributed by atoms with E-state index in [1.54, 1.807) is 43.8 Å². The topological polar surface area (TPSA) is 134 Å². The van der Waals surface area contributed by atoms with Crippen molar-refractivity contribution >= 4 is 50.5 Å². The van der Waals surface area contributed by atoms with Gasteiger partial charge in [0.15, 0.2) is 0 Å². The third kappa shape index (κ3) is 10.5. The van der Waals surface area contributed by atoms with E-state index in [9.17, 15) is 17.6 Å². The summed E-state index contributed by atoms with van der Waals surface area (Å²) in [4.78, 5) is 25.9. The van der Waals surface area contributed by atoms with Crippen molar-refractivity contribution in [1.82, 2.24) is 29.9 Å².